The summed E-state index contributed by atoms with van der Waals surface area (Å²) in [4.78, 5) is 8.27. The lowest BCUT2D eigenvalue weighted by Gasteiger charge is -1.96. The molecule has 0 aliphatic heterocycles. The van der Waals surface area contributed by atoms with Gasteiger partial charge >= 0.3 is 0 Å². The number of nitrogen functional groups attached to an aromatic ring is 2. The molecule has 0 saturated carbocycles. The van der Waals surface area contributed by atoms with Crippen LogP contribution >= 0.6 is 22.7 Å². The molecule has 0 fully saturated rings. The van der Waals surface area contributed by atoms with Gasteiger partial charge in [0.25, 0.3) is 0 Å². The van der Waals surface area contributed by atoms with Crippen molar-refractivity contribution >= 4 is 54.5 Å². The highest BCUT2D eigenvalue weighted by Gasteiger charge is 1.96. The Hall–Kier alpha value is -2.22. The average Bonchev–Trinajstić information content (AvgIpc) is 3.15. The molecule has 0 spiro atoms. The fourth-order valence-corrected chi connectivity index (χ4v) is 3.14. The highest BCUT2D eigenvalue weighted by atomic mass is 32.1. The van der Waals surface area contributed by atoms with Crippen LogP contribution < -0.4 is 17.0 Å². The Morgan fingerprint density at radius 2 is 1.48 bits per heavy atom. The summed E-state index contributed by atoms with van der Waals surface area (Å²) in [7, 11) is 0. The van der Waals surface area contributed by atoms with Crippen LogP contribution in [-0.4, -0.2) is 9.97 Å². The number of rotatable bonds is 1. The van der Waals surface area contributed by atoms with E-state index in [2.05, 4.69) is 15.4 Å². The van der Waals surface area contributed by atoms with Crippen molar-refractivity contribution < 1.29 is 0 Å². The SMILES string of the molecule is NNc1ccc2scnc2c1.Nc1ccc2scnc2c1. The van der Waals surface area contributed by atoms with Gasteiger partial charge in [0.2, 0.25) is 0 Å². The second kappa shape index (κ2) is 6.04. The van der Waals surface area contributed by atoms with Crippen molar-refractivity contribution in [1.82, 2.24) is 9.97 Å². The Morgan fingerprint density at radius 1 is 0.857 bits per heavy atom. The van der Waals surface area contributed by atoms with Crippen molar-refractivity contribution in [2.75, 3.05) is 11.2 Å². The van der Waals surface area contributed by atoms with Crippen LogP contribution in [0, 0.1) is 0 Å². The van der Waals surface area contributed by atoms with Gasteiger partial charge < -0.3 is 11.2 Å². The Balaban J connectivity index is 0.000000126. The number of aromatic nitrogens is 2. The quantitative estimate of drug-likeness (QED) is 0.284. The Bertz CT molecular complexity index is 868. The summed E-state index contributed by atoms with van der Waals surface area (Å²) in [5, 5.41) is 0. The lowest BCUT2D eigenvalue weighted by molar-refractivity contribution is 1.35. The van der Waals surface area contributed by atoms with Gasteiger partial charge in [0, 0.05) is 5.69 Å². The highest BCUT2D eigenvalue weighted by Crippen LogP contribution is 2.20. The fourth-order valence-electron chi connectivity index (χ4n) is 1.82. The van der Waals surface area contributed by atoms with Crippen molar-refractivity contribution in [3.8, 4) is 0 Å². The molecule has 0 unspecified atom stereocenters. The van der Waals surface area contributed by atoms with E-state index in [-0.39, 0.29) is 0 Å². The molecule has 21 heavy (non-hydrogen) atoms. The van der Waals surface area contributed by atoms with E-state index in [1.807, 2.05) is 47.4 Å². The minimum absolute atomic E-state index is 0.776. The van der Waals surface area contributed by atoms with E-state index in [9.17, 15) is 0 Å². The molecule has 0 radical (unpaired) electrons. The minimum Gasteiger partial charge on any atom is -0.399 e. The monoisotopic (exact) mass is 315 g/mol. The highest BCUT2D eigenvalue weighted by molar-refractivity contribution is 7.17. The molecule has 0 atom stereocenters. The average molecular weight is 315 g/mol. The third kappa shape index (κ3) is 3.10. The van der Waals surface area contributed by atoms with Crippen molar-refractivity contribution in [1.29, 1.82) is 0 Å². The van der Waals surface area contributed by atoms with Crippen LogP contribution in [0.1, 0.15) is 0 Å². The molecule has 106 valence electrons. The molecule has 5 N–H and O–H groups in total. The van der Waals surface area contributed by atoms with Gasteiger partial charge in [-0.05, 0) is 36.4 Å². The second-order valence-electron chi connectivity index (χ2n) is 4.26. The van der Waals surface area contributed by atoms with Crippen LogP contribution in [-0.2, 0) is 0 Å². The number of nitrogens with zero attached hydrogens (tertiary/aromatic N) is 2. The smallest absolute Gasteiger partial charge is 0.0833 e. The van der Waals surface area contributed by atoms with E-state index in [4.69, 9.17) is 11.6 Å². The van der Waals surface area contributed by atoms with Crippen molar-refractivity contribution in [3.63, 3.8) is 0 Å². The van der Waals surface area contributed by atoms with E-state index in [1.54, 1.807) is 22.7 Å². The molecule has 2 aromatic heterocycles. The lowest BCUT2D eigenvalue weighted by Crippen LogP contribution is -2.05. The molecule has 0 saturated heterocycles. The van der Waals surface area contributed by atoms with E-state index in [0.29, 0.717) is 0 Å². The zero-order valence-corrected chi connectivity index (χ0v) is 12.6. The van der Waals surface area contributed by atoms with Gasteiger partial charge in [0.1, 0.15) is 0 Å². The number of hydrogen-bond acceptors (Lipinski definition) is 7. The molecule has 0 aliphatic rings. The fraction of sp³-hybridized carbons (Fsp3) is 0. The topological polar surface area (TPSA) is 89.8 Å². The summed E-state index contributed by atoms with van der Waals surface area (Å²) in [6.07, 6.45) is 0. The summed E-state index contributed by atoms with van der Waals surface area (Å²) >= 11 is 3.26. The Kier molecular flexibility index (Phi) is 3.96. The molecule has 0 aliphatic carbocycles. The van der Waals surface area contributed by atoms with Crippen molar-refractivity contribution in [3.05, 3.63) is 47.4 Å². The summed E-state index contributed by atoms with van der Waals surface area (Å²) in [6, 6.07) is 11.6. The zero-order chi connectivity index (χ0) is 14.7. The van der Waals surface area contributed by atoms with Gasteiger partial charge in [-0.25, -0.2) is 9.97 Å². The second-order valence-corrected chi connectivity index (χ2v) is 6.03. The molecular formula is C14H13N5S2. The van der Waals surface area contributed by atoms with Crippen molar-refractivity contribution in [2.45, 2.75) is 0 Å². The third-order valence-corrected chi connectivity index (χ3v) is 4.47. The van der Waals surface area contributed by atoms with Gasteiger partial charge in [-0.3, -0.25) is 5.84 Å². The molecule has 7 heteroatoms. The van der Waals surface area contributed by atoms with E-state index in [0.717, 1.165) is 22.4 Å². The summed E-state index contributed by atoms with van der Waals surface area (Å²) in [5.74, 6) is 5.24. The number of fused-ring (bicyclic) bond motifs is 2. The van der Waals surface area contributed by atoms with E-state index in [1.165, 1.54) is 9.40 Å². The maximum absolute atomic E-state index is 5.55. The molecule has 2 aromatic carbocycles. The molecule has 4 rings (SSSR count). The van der Waals surface area contributed by atoms with Crippen LogP contribution in [0.4, 0.5) is 11.4 Å². The predicted octanol–water partition coefficient (Wildman–Crippen LogP) is 3.46. The summed E-state index contributed by atoms with van der Waals surface area (Å²) in [5.41, 5.74) is 15.4. The van der Waals surface area contributed by atoms with E-state index >= 15 is 0 Å². The van der Waals surface area contributed by atoms with Crippen LogP contribution in [0.5, 0.6) is 0 Å². The van der Waals surface area contributed by atoms with Gasteiger partial charge in [0.15, 0.2) is 0 Å². The molecular weight excluding hydrogens is 302 g/mol. The number of nitrogens with two attached hydrogens (primary N) is 2. The first-order valence-electron chi connectivity index (χ1n) is 6.15. The predicted molar refractivity (Wildman–Crippen MR) is 91.5 cm³/mol. The van der Waals surface area contributed by atoms with Crippen molar-refractivity contribution in [2.24, 2.45) is 5.84 Å². The van der Waals surface area contributed by atoms with Crippen LogP contribution in [0.25, 0.3) is 20.4 Å². The maximum Gasteiger partial charge on any atom is 0.0833 e. The summed E-state index contributed by atoms with van der Waals surface area (Å²) in [6.45, 7) is 0. The summed E-state index contributed by atoms with van der Waals surface area (Å²) < 4.78 is 2.37. The minimum atomic E-state index is 0.776. The Morgan fingerprint density at radius 3 is 2.14 bits per heavy atom. The first-order chi connectivity index (χ1) is 10.3. The third-order valence-electron chi connectivity index (χ3n) is 2.85. The molecule has 0 amide bonds. The molecule has 4 aromatic rings. The normalized spacial score (nSPS) is 10.3. The first kappa shape index (κ1) is 13.7. The largest absolute Gasteiger partial charge is 0.399 e. The zero-order valence-electron chi connectivity index (χ0n) is 11.0. The lowest BCUT2D eigenvalue weighted by atomic mass is 10.3. The number of thiazole rings is 2. The number of hydrogen-bond donors (Lipinski definition) is 3. The van der Waals surface area contributed by atoms with E-state index < -0.39 is 0 Å². The van der Waals surface area contributed by atoms with Gasteiger partial charge in [0.05, 0.1) is 37.1 Å². The number of hydrazine groups is 1. The van der Waals surface area contributed by atoms with Gasteiger partial charge in [-0.15, -0.1) is 22.7 Å². The standard InChI is InChI=1S/C7H7N3S.C7H6N2S/c8-10-5-1-2-7-6(3-5)9-4-11-7;8-5-1-2-7-6(3-5)9-4-10-7/h1-4,10H,8H2;1-4H,8H2. The van der Waals surface area contributed by atoms with Gasteiger partial charge in [-0.1, -0.05) is 0 Å². The Labute approximate surface area is 129 Å². The number of benzene rings is 2. The van der Waals surface area contributed by atoms with Crippen LogP contribution in [0.3, 0.4) is 0 Å². The molecule has 5 nitrogen and oxygen atoms in total. The van der Waals surface area contributed by atoms with Crippen LogP contribution in [0.2, 0.25) is 0 Å². The van der Waals surface area contributed by atoms with Gasteiger partial charge in [-0.2, -0.15) is 0 Å². The first-order valence-corrected chi connectivity index (χ1v) is 7.91. The van der Waals surface area contributed by atoms with Crippen LogP contribution in [0.15, 0.2) is 47.4 Å². The number of nitrogens with one attached hydrogen (secondary N) is 1. The maximum atomic E-state index is 5.55. The molecule has 0 bridgehead atoms. The number of anilines is 2. The molecule has 2 heterocycles.